The molecule has 7 heteroatoms. The maximum Gasteiger partial charge on any atom is 0.341 e. The van der Waals surface area contributed by atoms with Crippen molar-refractivity contribution < 1.29 is 18.7 Å². The zero-order valence-corrected chi connectivity index (χ0v) is 17.0. The van der Waals surface area contributed by atoms with Gasteiger partial charge in [-0.25, -0.2) is 9.18 Å². The molecular formula is C22H24ClFN2O3. The molecule has 0 aromatic heterocycles. The van der Waals surface area contributed by atoms with Crippen LogP contribution in [-0.2, 0) is 9.53 Å². The summed E-state index contributed by atoms with van der Waals surface area (Å²) in [6.45, 7) is -0.109. The number of nitrogens with zero attached hydrogens (tertiary/aromatic N) is 2. The van der Waals surface area contributed by atoms with Gasteiger partial charge in [0.25, 0.3) is 5.91 Å². The van der Waals surface area contributed by atoms with Gasteiger partial charge in [0.15, 0.2) is 6.61 Å². The van der Waals surface area contributed by atoms with Crippen molar-refractivity contribution in [2.45, 2.75) is 50.5 Å². The number of ether oxygens (including phenoxy) is 1. The topological polar surface area (TPSA) is 70.4 Å². The average molecular weight is 419 g/mol. The Bertz CT molecular complexity index is 831. The van der Waals surface area contributed by atoms with Crippen LogP contribution >= 0.6 is 11.6 Å². The number of benzene rings is 1. The third kappa shape index (κ3) is 3.98. The van der Waals surface area contributed by atoms with E-state index in [4.69, 9.17) is 21.6 Å². The number of amides is 1. The summed E-state index contributed by atoms with van der Waals surface area (Å²) in [6, 6.07) is 5.81. The highest BCUT2D eigenvalue weighted by Crippen LogP contribution is 2.57. The maximum atomic E-state index is 13.9. The van der Waals surface area contributed by atoms with Crippen LogP contribution in [0.5, 0.6) is 0 Å². The summed E-state index contributed by atoms with van der Waals surface area (Å²) in [5, 5.41) is 9.25. The van der Waals surface area contributed by atoms with Gasteiger partial charge in [0.2, 0.25) is 0 Å². The lowest BCUT2D eigenvalue weighted by atomic mass is 9.52. The van der Waals surface area contributed by atoms with E-state index < -0.39 is 18.4 Å². The van der Waals surface area contributed by atoms with Crippen molar-refractivity contribution in [3.05, 3.63) is 34.6 Å². The summed E-state index contributed by atoms with van der Waals surface area (Å²) in [7, 11) is 0. The highest BCUT2D eigenvalue weighted by molar-refractivity contribution is 6.30. The van der Waals surface area contributed by atoms with Gasteiger partial charge in [0, 0.05) is 17.1 Å². The van der Waals surface area contributed by atoms with Crippen LogP contribution in [0, 0.1) is 34.9 Å². The number of rotatable bonds is 6. The molecule has 0 radical (unpaired) electrons. The molecule has 5 rings (SSSR count). The van der Waals surface area contributed by atoms with Crippen molar-refractivity contribution in [2.24, 2.45) is 17.8 Å². The molecule has 154 valence electrons. The van der Waals surface area contributed by atoms with Gasteiger partial charge in [-0.1, -0.05) is 11.6 Å². The Morgan fingerprint density at radius 2 is 1.83 bits per heavy atom. The molecule has 5 nitrogen and oxygen atoms in total. The van der Waals surface area contributed by atoms with Gasteiger partial charge in [0.05, 0.1) is 18.1 Å². The monoisotopic (exact) mass is 418 g/mol. The molecule has 1 aromatic rings. The molecule has 4 saturated carbocycles. The second-order valence-corrected chi connectivity index (χ2v) is 9.23. The van der Waals surface area contributed by atoms with Crippen molar-refractivity contribution in [3.63, 3.8) is 0 Å². The standard InChI is InChI=1S/C22H24ClFN2O3/c23-17-2-3-18(19(24)9-17)21(28)29-13-20(27)26(5-1-4-25)22-10-14-6-15(11-22)8-16(7-14)12-22/h2-3,9,14-16H,1,5-8,10-13H2. The number of halogens is 2. The summed E-state index contributed by atoms with van der Waals surface area (Å²) in [6.07, 6.45) is 6.87. The Morgan fingerprint density at radius 1 is 1.21 bits per heavy atom. The minimum absolute atomic E-state index is 0.180. The summed E-state index contributed by atoms with van der Waals surface area (Å²) >= 11 is 5.71. The molecule has 4 aliphatic rings. The van der Waals surface area contributed by atoms with Gasteiger partial charge < -0.3 is 9.64 Å². The lowest BCUT2D eigenvalue weighted by Gasteiger charge is -2.60. The van der Waals surface area contributed by atoms with Crippen LogP contribution < -0.4 is 0 Å². The highest BCUT2D eigenvalue weighted by atomic mass is 35.5. The molecule has 0 N–H and O–H groups in total. The SMILES string of the molecule is N#CCCN(C(=O)COC(=O)c1ccc(Cl)cc1F)C12CC3CC(CC(C3)C1)C2. The van der Waals surface area contributed by atoms with E-state index in [2.05, 4.69) is 6.07 Å². The van der Waals surface area contributed by atoms with E-state index in [-0.39, 0.29) is 28.5 Å². The summed E-state index contributed by atoms with van der Waals surface area (Å²) in [4.78, 5) is 27.1. The van der Waals surface area contributed by atoms with E-state index >= 15 is 0 Å². The van der Waals surface area contributed by atoms with Gasteiger partial charge in [-0.15, -0.1) is 0 Å². The fourth-order valence-corrected chi connectivity index (χ4v) is 6.28. The molecule has 4 bridgehead atoms. The summed E-state index contributed by atoms with van der Waals surface area (Å²) in [5.41, 5.74) is -0.471. The molecule has 0 unspecified atom stereocenters. The number of carbonyl (C=O) groups is 2. The van der Waals surface area contributed by atoms with Crippen LogP contribution in [0.4, 0.5) is 4.39 Å². The minimum atomic E-state index is -0.890. The van der Waals surface area contributed by atoms with E-state index in [1.807, 2.05) is 0 Å². The number of hydrogen-bond acceptors (Lipinski definition) is 4. The molecule has 1 amide bonds. The van der Waals surface area contributed by atoms with Gasteiger partial charge >= 0.3 is 5.97 Å². The first-order valence-electron chi connectivity index (χ1n) is 10.2. The lowest BCUT2D eigenvalue weighted by Crippen LogP contribution is -2.62. The Kier molecular flexibility index (Phi) is 5.52. The first kappa shape index (κ1) is 20.2. The molecule has 29 heavy (non-hydrogen) atoms. The van der Waals surface area contributed by atoms with Crippen molar-refractivity contribution in [1.82, 2.24) is 4.90 Å². The normalized spacial score (nSPS) is 29.3. The van der Waals surface area contributed by atoms with Crippen LogP contribution in [-0.4, -0.2) is 35.5 Å². The van der Waals surface area contributed by atoms with E-state index in [1.54, 1.807) is 4.90 Å². The minimum Gasteiger partial charge on any atom is -0.452 e. The molecule has 0 saturated heterocycles. The molecular weight excluding hydrogens is 395 g/mol. The smallest absolute Gasteiger partial charge is 0.341 e. The first-order chi connectivity index (χ1) is 13.9. The molecule has 4 aliphatic carbocycles. The van der Waals surface area contributed by atoms with E-state index in [9.17, 15) is 14.0 Å². The van der Waals surface area contributed by atoms with E-state index in [0.717, 1.165) is 25.3 Å². The van der Waals surface area contributed by atoms with E-state index in [1.165, 1.54) is 31.4 Å². The van der Waals surface area contributed by atoms with Gasteiger partial charge in [-0.2, -0.15) is 5.26 Å². The second kappa shape index (κ2) is 7.95. The highest BCUT2D eigenvalue weighted by Gasteiger charge is 2.54. The fraction of sp³-hybridized carbons (Fsp3) is 0.591. The lowest BCUT2D eigenvalue weighted by molar-refractivity contribution is -0.153. The Morgan fingerprint density at radius 3 is 2.38 bits per heavy atom. The van der Waals surface area contributed by atoms with Crippen LogP contribution in [0.3, 0.4) is 0 Å². The van der Waals surface area contributed by atoms with Gasteiger partial charge in [0.1, 0.15) is 5.82 Å². The Labute approximate surface area is 174 Å². The van der Waals surface area contributed by atoms with Gasteiger partial charge in [-0.05, 0) is 74.5 Å². The molecule has 4 fully saturated rings. The third-order valence-corrected chi connectivity index (χ3v) is 7.04. The zero-order chi connectivity index (χ0) is 20.6. The number of carbonyl (C=O) groups excluding carboxylic acids is 2. The third-order valence-electron chi connectivity index (χ3n) is 6.80. The summed E-state index contributed by atoms with van der Waals surface area (Å²) < 4.78 is 19.1. The van der Waals surface area contributed by atoms with Crippen molar-refractivity contribution in [2.75, 3.05) is 13.2 Å². The average Bonchev–Trinajstić information content (AvgIpc) is 2.65. The van der Waals surface area contributed by atoms with Crippen LogP contribution in [0.1, 0.15) is 55.3 Å². The molecule has 1 aromatic carbocycles. The van der Waals surface area contributed by atoms with Crippen molar-refractivity contribution in [1.29, 1.82) is 5.26 Å². The molecule has 0 aliphatic heterocycles. The van der Waals surface area contributed by atoms with Crippen LogP contribution in [0.25, 0.3) is 0 Å². The van der Waals surface area contributed by atoms with Crippen LogP contribution in [0.2, 0.25) is 5.02 Å². The maximum absolute atomic E-state index is 13.9. The predicted molar refractivity (Wildman–Crippen MR) is 105 cm³/mol. The quantitative estimate of drug-likeness (QED) is 0.644. The number of hydrogen-bond donors (Lipinski definition) is 0. The largest absolute Gasteiger partial charge is 0.452 e. The number of esters is 1. The second-order valence-electron chi connectivity index (χ2n) is 8.80. The Balaban J connectivity index is 1.47. The van der Waals surface area contributed by atoms with Gasteiger partial charge in [-0.3, -0.25) is 4.79 Å². The summed E-state index contributed by atoms with van der Waals surface area (Å²) in [5.74, 6) is -0.0430. The van der Waals surface area contributed by atoms with E-state index in [0.29, 0.717) is 24.3 Å². The predicted octanol–water partition coefficient (Wildman–Crippen LogP) is 4.35. The molecule has 0 atom stereocenters. The van der Waals surface area contributed by atoms with Crippen LogP contribution in [0.15, 0.2) is 18.2 Å². The van der Waals surface area contributed by atoms with Crippen molar-refractivity contribution >= 4 is 23.5 Å². The first-order valence-corrected chi connectivity index (χ1v) is 10.6. The zero-order valence-electron chi connectivity index (χ0n) is 16.2. The Hall–Kier alpha value is -2.13. The number of nitriles is 1. The fourth-order valence-electron chi connectivity index (χ4n) is 6.12. The van der Waals surface area contributed by atoms with Crippen molar-refractivity contribution in [3.8, 4) is 6.07 Å². The molecule has 0 spiro atoms. The molecule has 0 heterocycles.